The van der Waals surface area contributed by atoms with Crippen molar-refractivity contribution in [3.8, 4) is 56.2 Å². The Morgan fingerprint density at radius 2 is 1.00 bits per heavy atom. The van der Waals surface area contributed by atoms with E-state index in [0.29, 0.717) is 5.82 Å². The van der Waals surface area contributed by atoms with Gasteiger partial charge in [-0.05, 0) is 62.5 Å². The third-order valence-electron chi connectivity index (χ3n) is 8.17. The highest BCUT2D eigenvalue weighted by atomic mass is 14.9. The molecule has 0 unspecified atom stereocenters. The minimum absolute atomic E-state index is 0.703. The maximum Gasteiger partial charge on any atom is 0.160 e. The summed E-state index contributed by atoms with van der Waals surface area (Å²) >= 11 is 0. The van der Waals surface area contributed by atoms with E-state index >= 15 is 0 Å². The predicted molar refractivity (Wildman–Crippen MR) is 182 cm³/mol. The van der Waals surface area contributed by atoms with Crippen LogP contribution in [0.4, 0.5) is 0 Å². The molecule has 0 fully saturated rings. The summed E-state index contributed by atoms with van der Waals surface area (Å²) in [5.41, 5.74) is 9.41. The zero-order valence-corrected chi connectivity index (χ0v) is 23.9. The maximum absolute atomic E-state index is 5.05. The first-order valence-electron chi connectivity index (χ1n) is 14.8. The van der Waals surface area contributed by atoms with E-state index in [9.17, 15) is 0 Å². The zero-order chi connectivity index (χ0) is 29.3. The molecule has 206 valence electrons. The van der Waals surface area contributed by atoms with Crippen LogP contribution in [0, 0.1) is 0 Å². The van der Waals surface area contributed by atoms with E-state index in [1.165, 1.54) is 32.7 Å². The Morgan fingerprint density at radius 1 is 0.364 bits per heavy atom. The first kappa shape index (κ1) is 25.8. The number of nitrogens with zero attached hydrogens (tertiary/aromatic N) is 3. The standard InChI is InChI=1S/C41H27N3/c1-2-10-30(11-3-1)41-43-39(26-40(44-41)33-14-8-13-31(24-33)34-15-9-23-42-27-34)29-21-19-28(20-22-29)38-25-32-12-4-5-16-35(32)36-17-6-7-18-37(36)38/h1-27H. The molecule has 0 amide bonds. The number of pyridine rings is 1. The molecule has 0 aliphatic carbocycles. The summed E-state index contributed by atoms with van der Waals surface area (Å²) in [7, 11) is 0. The van der Waals surface area contributed by atoms with Gasteiger partial charge in [-0.3, -0.25) is 4.98 Å². The third-order valence-corrected chi connectivity index (χ3v) is 8.17. The van der Waals surface area contributed by atoms with Crippen molar-refractivity contribution in [3.63, 3.8) is 0 Å². The summed E-state index contributed by atoms with van der Waals surface area (Å²) in [6.45, 7) is 0. The van der Waals surface area contributed by atoms with Crippen molar-refractivity contribution in [2.45, 2.75) is 0 Å². The summed E-state index contributed by atoms with van der Waals surface area (Å²) in [6.07, 6.45) is 3.68. The molecule has 0 saturated carbocycles. The molecule has 3 heteroatoms. The van der Waals surface area contributed by atoms with E-state index in [-0.39, 0.29) is 0 Å². The summed E-state index contributed by atoms with van der Waals surface area (Å²) in [5, 5.41) is 5.04. The fourth-order valence-corrected chi connectivity index (χ4v) is 5.96. The monoisotopic (exact) mass is 561 g/mol. The predicted octanol–water partition coefficient (Wildman–Crippen LogP) is 10.5. The van der Waals surface area contributed by atoms with E-state index in [4.69, 9.17) is 9.97 Å². The average molecular weight is 562 g/mol. The molecule has 8 aromatic rings. The number of hydrogen-bond donors (Lipinski definition) is 0. The third kappa shape index (κ3) is 4.81. The number of rotatable bonds is 5. The summed E-state index contributed by atoms with van der Waals surface area (Å²) in [6, 6.07) is 53.1. The summed E-state index contributed by atoms with van der Waals surface area (Å²) in [5.74, 6) is 0.703. The van der Waals surface area contributed by atoms with Crippen molar-refractivity contribution in [1.82, 2.24) is 15.0 Å². The first-order chi connectivity index (χ1) is 21.8. The Bertz CT molecular complexity index is 2260. The second-order valence-corrected chi connectivity index (χ2v) is 10.9. The Hall–Kier alpha value is -5.93. The van der Waals surface area contributed by atoms with Crippen molar-refractivity contribution in [1.29, 1.82) is 0 Å². The Kier molecular flexibility index (Phi) is 6.47. The van der Waals surface area contributed by atoms with E-state index in [1.54, 1.807) is 6.20 Å². The molecule has 0 bridgehead atoms. The lowest BCUT2D eigenvalue weighted by Crippen LogP contribution is -1.96. The Labute approximate surface area is 256 Å². The van der Waals surface area contributed by atoms with Crippen molar-refractivity contribution in [2.75, 3.05) is 0 Å². The second kappa shape index (κ2) is 11.0. The molecule has 3 nitrogen and oxygen atoms in total. The van der Waals surface area contributed by atoms with Crippen LogP contribution < -0.4 is 0 Å². The average Bonchev–Trinajstić information content (AvgIpc) is 3.12. The Morgan fingerprint density at radius 3 is 1.80 bits per heavy atom. The van der Waals surface area contributed by atoms with Gasteiger partial charge in [-0.25, -0.2) is 9.97 Å². The van der Waals surface area contributed by atoms with Crippen LogP contribution in [-0.4, -0.2) is 15.0 Å². The van der Waals surface area contributed by atoms with Gasteiger partial charge < -0.3 is 0 Å². The van der Waals surface area contributed by atoms with Gasteiger partial charge in [0.15, 0.2) is 5.82 Å². The molecule has 0 saturated heterocycles. The molecule has 0 N–H and O–H groups in total. The number of aromatic nitrogens is 3. The SMILES string of the molecule is c1ccc(-c2nc(-c3ccc(-c4cc5ccccc5c5ccccc45)cc3)cc(-c3cccc(-c4cccnc4)c3)n2)cc1. The molecule has 0 aliphatic rings. The molecule has 44 heavy (non-hydrogen) atoms. The fourth-order valence-electron chi connectivity index (χ4n) is 5.96. The fraction of sp³-hybridized carbons (Fsp3) is 0. The van der Waals surface area contributed by atoms with Crippen LogP contribution in [0.15, 0.2) is 164 Å². The number of fused-ring (bicyclic) bond motifs is 3. The summed E-state index contributed by atoms with van der Waals surface area (Å²) < 4.78 is 0. The van der Waals surface area contributed by atoms with Crippen molar-refractivity contribution in [3.05, 3.63) is 164 Å². The molecule has 6 aromatic carbocycles. The quantitative estimate of drug-likeness (QED) is 0.196. The van der Waals surface area contributed by atoms with E-state index < -0.39 is 0 Å². The van der Waals surface area contributed by atoms with Gasteiger partial charge in [0.25, 0.3) is 0 Å². The minimum Gasteiger partial charge on any atom is -0.264 e. The zero-order valence-electron chi connectivity index (χ0n) is 23.9. The number of hydrogen-bond acceptors (Lipinski definition) is 3. The molecule has 0 radical (unpaired) electrons. The van der Waals surface area contributed by atoms with Crippen LogP contribution in [0.1, 0.15) is 0 Å². The van der Waals surface area contributed by atoms with Crippen molar-refractivity contribution >= 4 is 21.5 Å². The molecule has 8 rings (SSSR count). The lowest BCUT2D eigenvalue weighted by molar-refractivity contribution is 1.18. The van der Waals surface area contributed by atoms with Gasteiger partial charge in [-0.1, -0.05) is 127 Å². The van der Waals surface area contributed by atoms with E-state index in [2.05, 4.69) is 132 Å². The second-order valence-electron chi connectivity index (χ2n) is 10.9. The first-order valence-corrected chi connectivity index (χ1v) is 14.8. The molecule has 2 aromatic heterocycles. The largest absolute Gasteiger partial charge is 0.264 e. The highest BCUT2D eigenvalue weighted by Crippen LogP contribution is 2.36. The highest BCUT2D eigenvalue weighted by Gasteiger charge is 2.13. The molecular weight excluding hydrogens is 534 g/mol. The van der Waals surface area contributed by atoms with Crippen LogP contribution in [-0.2, 0) is 0 Å². The molecular formula is C41H27N3. The van der Waals surface area contributed by atoms with E-state index in [1.807, 2.05) is 30.5 Å². The van der Waals surface area contributed by atoms with Crippen LogP contribution in [0.2, 0.25) is 0 Å². The van der Waals surface area contributed by atoms with Gasteiger partial charge in [-0.15, -0.1) is 0 Å². The smallest absolute Gasteiger partial charge is 0.160 e. The molecule has 0 aliphatic heterocycles. The van der Waals surface area contributed by atoms with Crippen LogP contribution >= 0.6 is 0 Å². The van der Waals surface area contributed by atoms with Gasteiger partial charge in [0.05, 0.1) is 11.4 Å². The van der Waals surface area contributed by atoms with Crippen LogP contribution in [0.25, 0.3) is 77.7 Å². The minimum atomic E-state index is 0.703. The summed E-state index contributed by atoms with van der Waals surface area (Å²) in [4.78, 5) is 14.4. The number of benzene rings is 6. The maximum atomic E-state index is 5.05. The van der Waals surface area contributed by atoms with E-state index in [0.717, 1.165) is 39.2 Å². The Balaban J connectivity index is 1.24. The van der Waals surface area contributed by atoms with Gasteiger partial charge in [0.2, 0.25) is 0 Å². The normalized spacial score (nSPS) is 11.2. The van der Waals surface area contributed by atoms with Crippen LogP contribution in [0.3, 0.4) is 0 Å². The molecule has 2 heterocycles. The van der Waals surface area contributed by atoms with Gasteiger partial charge in [0.1, 0.15) is 0 Å². The van der Waals surface area contributed by atoms with Gasteiger partial charge in [-0.2, -0.15) is 0 Å². The topological polar surface area (TPSA) is 38.7 Å². The molecule has 0 spiro atoms. The van der Waals surface area contributed by atoms with Crippen LogP contribution in [0.5, 0.6) is 0 Å². The lowest BCUT2D eigenvalue weighted by atomic mass is 9.92. The van der Waals surface area contributed by atoms with Crippen molar-refractivity contribution in [2.24, 2.45) is 0 Å². The van der Waals surface area contributed by atoms with Gasteiger partial charge >= 0.3 is 0 Å². The molecule has 0 atom stereocenters. The highest BCUT2D eigenvalue weighted by molar-refractivity contribution is 6.13. The van der Waals surface area contributed by atoms with Gasteiger partial charge in [0, 0.05) is 34.6 Å². The lowest BCUT2D eigenvalue weighted by Gasteiger charge is -2.13. The van der Waals surface area contributed by atoms with Crippen molar-refractivity contribution < 1.29 is 0 Å².